The number of nitrogens with one attached hydrogen (secondary N) is 2. The summed E-state index contributed by atoms with van der Waals surface area (Å²) >= 11 is 4.86. The van der Waals surface area contributed by atoms with E-state index in [2.05, 4.69) is 26.6 Å². The molecule has 0 aliphatic rings. The van der Waals surface area contributed by atoms with E-state index in [-0.39, 0.29) is 23.7 Å². The monoisotopic (exact) mass is 498 g/mol. The van der Waals surface area contributed by atoms with Crippen molar-refractivity contribution in [3.8, 4) is 5.75 Å². The lowest BCUT2D eigenvalue weighted by molar-refractivity contribution is -0.118. The van der Waals surface area contributed by atoms with Crippen LogP contribution in [-0.4, -0.2) is 23.7 Å². The van der Waals surface area contributed by atoms with Crippen LogP contribution in [0.15, 0.2) is 88.2 Å². The van der Waals surface area contributed by atoms with Gasteiger partial charge in [0, 0.05) is 20.7 Å². The van der Waals surface area contributed by atoms with Crippen LogP contribution in [0.5, 0.6) is 5.75 Å². The number of anilines is 2. The summed E-state index contributed by atoms with van der Waals surface area (Å²) in [4.78, 5) is 25.8. The standard InChI is InChI=1S/C24H23BrN2O3S/c1-2-22(24(29)27-18-13-11-17(25)12-14-18)31-21-10-6-7-19(15-21)26-23(28)16-30-20-8-4-3-5-9-20/h3-15,22H,2,16H2,1H3,(H,26,28)(H,27,29). The van der Waals surface area contributed by atoms with Gasteiger partial charge in [0.25, 0.3) is 5.91 Å². The lowest BCUT2D eigenvalue weighted by atomic mass is 10.3. The number of hydrogen-bond donors (Lipinski definition) is 2. The predicted molar refractivity (Wildman–Crippen MR) is 130 cm³/mol. The third kappa shape index (κ3) is 7.45. The summed E-state index contributed by atoms with van der Waals surface area (Å²) in [6.07, 6.45) is 0.675. The molecular weight excluding hydrogens is 476 g/mol. The van der Waals surface area contributed by atoms with Crippen molar-refractivity contribution in [2.45, 2.75) is 23.5 Å². The lowest BCUT2D eigenvalue weighted by Crippen LogP contribution is -2.24. The number of ether oxygens (including phenoxy) is 1. The summed E-state index contributed by atoms with van der Waals surface area (Å²) < 4.78 is 6.43. The maximum Gasteiger partial charge on any atom is 0.262 e. The first-order valence-corrected chi connectivity index (χ1v) is 11.5. The van der Waals surface area contributed by atoms with Crippen molar-refractivity contribution in [3.63, 3.8) is 0 Å². The number of para-hydroxylation sites is 1. The second kappa shape index (κ2) is 11.6. The van der Waals surface area contributed by atoms with E-state index in [4.69, 9.17) is 4.74 Å². The molecule has 160 valence electrons. The number of halogens is 1. The average Bonchev–Trinajstić information content (AvgIpc) is 2.78. The topological polar surface area (TPSA) is 67.4 Å². The van der Waals surface area contributed by atoms with Gasteiger partial charge in [0.05, 0.1) is 5.25 Å². The Hall–Kier alpha value is -2.77. The molecule has 7 heteroatoms. The molecule has 0 aromatic heterocycles. The highest BCUT2D eigenvalue weighted by Gasteiger charge is 2.18. The predicted octanol–water partition coefficient (Wildman–Crippen LogP) is 5.98. The average molecular weight is 499 g/mol. The van der Waals surface area contributed by atoms with Gasteiger partial charge in [0.15, 0.2) is 6.61 Å². The van der Waals surface area contributed by atoms with Crippen molar-refractivity contribution in [1.82, 2.24) is 0 Å². The Morgan fingerprint density at radius 1 is 0.935 bits per heavy atom. The molecule has 31 heavy (non-hydrogen) atoms. The summed E-state index contributed by atoms with van der Waals surface area (Å²) in [7, 11) is 0. The molecule has 0 heterocycles. The third-order valence-corrected chi connectivity index (χ3v) is 6.17. The molecule has 0 aliphatic heterocycles. The maximum absolute atomic E-state index is 12.7. The minimum absolute atomic E-state index is 0.0551. The first-order valence-electron chi connectivity index (χ1n) is 9.84. The van der Waals surface area contributed by atoms with E-state index in [0.29, 0.717) is 17.9 Å². The van der Waals surface area contributed by atoms with E-state index in [1.807, 2.05) is 73.7 Å². The molecule has 0 spiro atoms. The molecule has 1 atom stereocenters. The van der Waals surface area contributed by atoms with Gasteiger partial charge >= 0.3 is 0 Å². The number of carbonyl (C=O) groups is 2. The van der Waals surface area contributed by atoms with Crippen LogP contribution in [0.2, 0.25) is 0 Å². The van der Waals surface area contributed by atoms with Gasteiger partial charge in [-0.1, -0.05) is 47.1 Å². The van der Waals surface area contributed by atoms with Crippen molar-refractivity contribution in [3.05, 3.63) is 83.3 Å². The van der Waals surface area contributed by atoms with Crippen LogP contribution in [0, 0.1) is 0 Å². The number of rotatable bonds is 9. The molecule has 0 saturated heterocycles. The second-order valence-electron chi connectivity index (χ2n) is 6.69. The third-order valence-electron chi connectivity index (χ3n) is 4.28. The largest absolute Gasteiger partial charge is 0.484 e. The summed E-state index contributed by atoms with van der Waals surface area (Å²) in [5.41, 5.74) is 1.42. The smallest absolute Gasteiger partial charge is 0.262 e. The molecule has 3 aromatic carbocycles. The van der Waals surface area contributed by atoms with Crippen molar-refractivity contribution < 1.29 is 14.3 Å². The number of benzene rings is 3. The lowest BCUT2D eigenvalue weighted by Gasteiger charge is -2.15. The number of amides is 2. The number of thioether (sulfide) groups is 1. The highest BCUT2D eigenvalue weighted by atomic mass is 79.9. The Bertz CT molecular complexity index is 1010. The van der Waals surface area contributed by atoms with Gasteiger partial charge < -0.3 is 15.4 Å². The Balaban J connectivity index is 1.56. The highest BCUT2D eigenvalue weighted by Crippen LogP contribution is 2.28. The second-order valence-corrected chi connectivity index (χ2v) is 8.88. The molecule has 3 rings (SSSR count). The first kappa shape index (κ1) is 22.9. The van der Waals surface area contributed by atoms with Crippen molar-refractivity contribution in [2.75, 3.05) is 17.2 Å². The molecule has 5 nitrogen and oxygen atoms in total. The Morgan fingerprint density at radius 3 is 2.39 bits per heavy atom. The van der Waals surface area contributed by atoms with Gasteiger partial charge in [-0.2, -0.15) is 0 Å². The Labute approximate surface area is 194 Å². The van der Waals surface area contributed by atoms with Crippen LogP contribution in [0.3, 0.4) is 0 Å². The maximum atomic E-state index is 12.7. The molecule has 0 bridgehead atoms. The summed E-state index contributed by atoms with van der Waals surface area (Å²) in [5, 5.41) is 5.53. The normalized spacial score (nSPS) is 11.4. The van der Waals surface area contributed by atoms with E-state index in [1.54, 1.807) is 12.1 Å². The van der Waals surface area contributed by atoms with Gasteiger partial charge in [-0.25, -0.2) is 0 Å². The molecule has 3 aromatic rings. The van der Waals surface area contributed by atoms with Gasteiger partial charge in [0.2, 0.25) is 5.91 Å². The van der Waals surface area contributed by atoms with E-state index >= 15 is 0 Å². The summed E-state index contributed by atoms with van der Waals surface area (Å²) in [6, 6.07) is 24.1. The fourth-order valence-corrected chi connectivity index (χ4v) is 4.03. The first-order chi connectivity index (χ1) is 15.0. The van der Waals surface area contributed by atoms with Crippen molar-refractivity contribution in [2.24, 2.45) is 0 Å². The fourth-order valence-electron chi connectivity index (χ4n) is 2.75. The fraction of sp³-hybridized carbons (Fsp3) is 0.167. The summed E-state index contributed by atoms with van der Waals surface area (Å²) in [5.74, 6) is 0.344. The minimum atomic E-state index is -0.254. The Morgan fingerprint density at radius 2 is 1.68 bits per heavy atom. The minimum Gasteiger partial charge on any atom is -0.484 e. The molecule has 2 amide bonds. The molecule has 0 fully saturated rings. The molecule has 0 saturated carbocycles. The van der Waals surface area contributed by atoms with Gasteiger partial charge in [-0.05, 0) is 61.0 Å². The van der Waals surface area contributed by atoms with Gasteiger partial charge in [-0.3, -0.25) is 9.59 Å². The van der Waals surface area contributed by atoms with Crippen LogP contribution >= 0.6 is 27.7 Å². The SMILES string of the molecule is CCC(Sc1cccc(NC(=O)COc2ccccc2)c1)C(=O)Nc1ccc(Br)cc1. The molecule has 0 radical (unpaired) electrons. The summed E-state index contributed by atoms with van der Waals surface area (Å²) in [6.45, 7) is 1.90. The van der Waals surface area contributed by atoms with Crippen LogP contribution < -0.4 is 15.4 Å². The highest BCUT2D eigenvalue weighted by molar-refractivity contribution is 9.10. The molecular formula is C24H23BrN2O3S. The van der Waals surface area contributed by atoms with E-state index in [1.165, 1.54) is 11.8 Å². The van der Waals surface area contributed by atoms with Crippen LogP contribution in [-0.2, 0) is 9.59 Å². The van der Waals surface area contributed by atoms with E-state index < -0.39 is 0 Å². The number of carbonyl (C=O) groups excluding carboxylic acids is 2. The quantitative estimate of drug-likeness (QED) is 0.356. The molecule has 0 aliphatic carbocycles. The van der Waals surface area contributed by atoms with Crippen LogP contribution in [0.1, 0.15) is 13.3 Å². The molecule has 1 unspecified atom stereocenters. The van der Waals surface area contributed by atoms with E-state index in [0.717, 1.165) is 15.1 Å². The zero-order valence-corrected chi connectivity index (χ0v) is 19.4. The zero-order valence-electron chi connectivity index (χ0n) is 17.0. The molecule has 2 N–H and O–H groups in total. The van der Waals surface area contributed by atoms with Crippen molar-refractivity contribution in [1.29, 1.82) is 0 Å². The zero-order chi connectivity index (χ0) is 22.1. The van der Waals surface area contributed by atoms with E-state index in [9.17, 15) is 9.59 Å². The number of hydrogen-bond acceptors (Lipinski definition) is 4. The van der Waals surface area contributed by atoms with Crippen LogP contribution in [0.4, 0.5) is 11.4 Å². The van der Waals surface area contributed by atoms with Crippen LogP contribution in [0.25, 0.3) is 0 Å². The van der Waals surface area contributed by atoms with Gasteiger partial charge in [0.1, 0.15) is 5.75 Å². The van der Waals surface area contributed by atoms with Crippen molar-refractivity contribution >= 4 is 50.9 Å². The Kier molecular flexibility index (Phi) is 8.55. The van der Waals surface area contributed by atoms with Gasteiger partial charge in [-0.15, -0.1) is 11.8 Å².